The number of fused-ring (bicyclic) bond motifs is 1. The summed E-state index contributed by atoms with van der Waals surface area (Å²) in [5, 5.41) is 0. The van der Waals surface area contributed by atoms with E-state index >= 15 is 0 Å². The average molecular weight is 209 g/mol. The Hall–Kier alpha value is -0.530. The molecule has 2 nitrogen and oxygen atoms in total. The molecule has 2 fully saturated rings. The fraction of sp³-hybridized carbons (Fsp3) is 0.923. The van der Waals surface area contributed by atoms with E-state index in [1.165, 1.54) is 19.3 Å². The van der Waals surface area contributed by atoms with E-state index in [4.69, 9.17) is 0 Å². The van der Waals surface area contributed by atoms with Crippen LogP contribution in [-0.4, -0.2) is 23.9 Å². The third kappa shape index (κ3) is 2.19. The largest absolute Gasteiger partial charge is 0.342 e. The second-order valence-corrected chi connectivity index (χ2v) is 5.74. The predicted molar refractivity (Wildman–Crippen MR) is 61.4 cm³/mol. The summed E-state index contributed by atoms with van der Waals surface area (Å²) in [5.74, 6) is 3.50. The Morgan fingerprint density at radius 2 is 1.93 bits per heavy atom. The van der Waals surface area contributed by atoms with Crippen molar-refractivity contribution in [3.63, 3.8) is 0 Å². The molecular formula is C13H23NO. The molecule has 0 aromatic rings. The van der Waals surface area contributed by atoms with Gasteiger partial charge in [-0.1, -0.05) is 20.3 Å². The van der Waals surface area contributed by atoms with Gasteiger partial charge in [0, 0.05) is 20.0 Å². The van der Waals surface area contributed by atoms with Crippen LogP contribution in [0.2, 0.25) is 0 Å². The number of rotatable bonds is 0. The number of piperidine rings is 1. The maximum Gasteiger partial charge on any atom is 0.219 e. The Morgan fingerprint density at radius 3 is 2.60 bits per heavy atom. The monoisotopic (exact) mass is 209 g/mol. The van der Waals surface area contributed by atoms with Gasteiger partial charge in [-0.2, -0.15) is 0 Å². The lowest BCUT2D eigenvalue weighted by molar-refractivity contribution is -0.133. The van der Waals surface area contributed by atoms with E-state index in [2.05, 4.69) is 18.7 Å². The summed E-state index contributed by atoms with van der Waals surface area (Å²) >= 11 is 0. The zero-order valence-corrected chi connectivity index (χ0v) is 10.2. The van der Waals surface area contributed by atoms with Gasteiger partial charge in [0.25, 0.3) is 0 Å². The van der Waals surface area contributed by atoms with Crippen molar-refractivity contribution in [2.75, 3.05) is 13.1 Å². The van der Waals surface area contributed by atoms with Gasteiger partial charge in [-0.15, -0.1) is 0 Å². The molecule has 2 rings (SSSR count). The molecule has 0 bridgehead atoms. The van der Waals surface area contributed by atoms with Crippen LogP contribution in [0.1, 0.15) is 40.0 Å². The van der Waals surface area contributed by atoms with Crippen LogP contribution in [-0.2, 0) is 4.79 Å². The molecule has 2 unspecified atom stereocenters. The van der Waals surface area contributed by atoms with E-state index in [0.717, 1.165) is 30.8 Å². The number of nitrogens with zero attached hydrogens (tertiary/aromatic N) is 1. The van der Waals surface area contributed by atoms with Crippen LogP contribution in [0.5, 0.6) is 0 Å². The van der Waals surface area contributed by atoms with Gasteiger partial charge >= 0.3 is 0 Å². The maximum absolute atomic E-state index is 11.4. The second kappa shape index (κ2) is 4.15. The van der Waals surface area contributed by atoms with Gasteiger partial charge in [0.1, 0.15) is 0 Å². The van der Waals surface area contributed by atoms with Crippen molar-refractivity contribution >= 4 is 5.91 Å². The molecule has 0 aromatic heterocycles. The Balaban J connectivity index is 2.05. The van der Waals surface area contributed by atoms with Crippen LogP contribution < -0.4 is 0 Å². The van der Waals surface area contributed by atoms with Gasteiger partial charge in [0.2, 0.25) is 5.91 Å². The van der Waals surface area contributed by atoms with Crippen molar-refractivity contribution in [3.8, 4) is 0 Å². The first-order chi connectivity index (χ1) is 7.08. The number of hydrogen-bond donors (Lipinski definition) is 0. The first kappa shape index (κ1) is 11.0. The van der Waals surface area contributed by atoms with E-state index in [1.54, 1.807) is 6.92 Å². The molecule has 1 aliphatic heterocycles. The summed E-state index contributed by atoms with van der Waals surface area (Å²) in [5.41, 5.74) is 0. The standard InChI is InChI=1S/C13H23NO/c1-9-4-5-13-10(2)7-14(11(3)15)8-12(13)6-9/h9-10,12-13H,4-8H2,1-3H3/t9-,10-,12?,13?/m1/s1. The van der Waals surface area contributed by atoms with Crippen molar-refractivity contribution in [3.05, 3.63) is 0 Å². The number of carbonyl (C=O) groups is 1. The molecule has 2 heteroatoms. The van der Waals surface area contributed by atoms with Crippen molar-refractivity contribution < 1.29 is 4.79 Å². The smallest absolute Gasteiger partial charge is 0.219 e. The summed E-state index contributed by atoms with van der Waals surface area (Å²) in [6.07, 6.45) is 4.11. The normalized spacial score (nSPS) is 41.1. The molecule has 0 aromatic carbocycles. The highest BCUT2D eigenvalue weighted by molar-refractivity contribution is 5.73. The highest BCUT2D eigenvalue weighted by atomic mass is 16.2. The molecule has 0 radical (unpaired) electrons. The lowest BCUT2D eigenvalue weighted by atomic mass is 9.67. The number of hydrogen-bond acceptors (Lipinski definition) is 1. The van der Waals surface area contributed by atoms with Crippen LogP contribution in [0, 0.1) is 23.7 Å². The first-order valence-corrected chi connectivity index (χ1v) is 6.33. The Labute approximate surface area is 93.0 Å². The molecule has 1 saturated carbocycles. The molecule has 1 saturated heterocycles. The van der Waals surface area contributed by atoms with Crippen LogP contribution in [0.15, 0.2) is 0 Å². The fourth-order valence-electron chi connectivity index (χ4n) is 3.58. The predicted octanol–water partition coefficient (Wildman–Crippen LogP) is 2.54. The lowest BCUT2D eigenvalue weighted by Gasteiger charge is -2.46. The number of amides is 1. The highest BCUT2D eigenvalue weighted by Crippen LogP contribution is 2.41. The Morgan fingerprint density at radius 1 is 1.20 bits per heavy atom. The molecular weight excluding hydrogens is 186 g/mol. The van der Waals surface area contributed by atoms with E-state index in [9.17, 15) is 4.79 Å². The van der Waals surface area contributed by atoms with Crippen LogP contribution in [0.3, 0.4) is 0 Å². The van der Waals surface area contributed by atoms with E-state index in [0.29, 0.717) is 5.92 Å². The van der Waals surface area contributed by atoms with E-state index < -0.39 is 0 Å². The maximum atomic E-state index is 11.4. The summed E-state index contributed by atoms with van der Waals surface area (Å²) in [6.45, 7) is 8.40. The Bertz CT molecular complexity index is 251. The summed E-state index contributed by atoms with van der Waals surface area (Å²) in [6, 6.07) is 0. The van der Waals surface area contributed by atoms with E-state index in [1.807, 2.05) is 0 Å². The van der Waals surface area contributed by atoms with Crippen LogP contribution in [0.25, 0.3) is 0 Å². The minimum atomic E-state index is 0.263. The van der Waals surface area contributed by atoms with E-state index in [-0.39, 0.29) is 5.91 Å². The lowest BCUT2D eigenvalue weighted by Crippen LogP contribution is -2.49. The summed E-state index contributed by atoms with van der Waals surface area (Å²) in [4.78, 5) is 13.5. The summed E-state index contributed by atoms with van der Waals surface area (Å²) < 4.78 is 0. The van der Waals surface area contributed by atoms with Crippen molar-refractivity contribution in [1.82, 2.24) is 4.90 Å². The van der Waals surface area contributed by atoms with Gasteiger partial charge in [0.15, 0.2) is 0 Å². The third-order valence-electron chi connectivity index (χ3n) is 4.44. The minimum absolute atomic E-state index is 0.263. The average Bonchev–Trinajstić information content (AvgIpc) is 2.16. The molecule has 1 heterocycles. The van der Waals surface area contributed by atoms with Gasteiger partial charge < -0.3 is 4.90 Å². The quantitative estimate of drug-likeness (QED) is 0.600. The summed E-state index contributed by atoms with van der Waals surface area (Å²) in [7, 11) is 0. The van der Waals surface area contributed by atoms with Crippen molar-refractivity contribution in [1.29, 1.82) is 0 Å². The minimum Gasteiger partial charge on any atom is -0.342 e. The molecule has 4 atom stereocenters. The van der Waals surface area contributed by atoms with Crippen LogP contribution in [0.4, 0.5) is 0 Å². The highest BCUT2D eigenvalue weighted by Gasteiger charge is 2.38. The molecule has 1 amide bonds. The zero-order chi connectivity index (χ0) is 11.0. The Kier molecular flexibility index (Phi) is 3.03. The molecule has 0 spiro atoms. The van der Waals surface area contributed by atoms with Gasteiger partial charge in [0.05, 0.1) is 0 Å². The van der Waals surface area contributed by atoms with Crippen molar-refractivity contribution in [2.45, 2.75) is 40.0 Å². The molecule has 1 aliphatic carbocycles. The topological polar surface area (TPSA) is 20.3 Å². The SMILES string of the molecule is CC(=O)N1CC2C[C@H](C)CCC2[C@H](C)C1. The van der Waals surface area contributed by atoms with Crippen molar-refractivity contribution in [2.24, 2.45) is 23.7 Å². The van der Waals surface area contributed by atoms with Gasteiger partial charge in [-0.3, -0.25) is 4.79 Å². The number of carbonyl (C=O) groups excluding carboxylic acids is 1. The van der Waals surface area contributed by atoms with Gasteiger partial charge in [-0.25, -0.2) is 0 Å². The number of likely N-dealkylation sites (tertiary alicyclic amines) is 1. The molecule has 0 N–H and O–H groups in total. The van der Waals surface area contributed by atoms with Crippen LogP contribution >= 0.6 is 0 Å². The molecule has 86 valence electrons. The third-order valence-corrected chi connectivity index (χ3v) is 4.44. The molecule has 2 aliphatic rings. The zero-order valence-electron chi connectivity index (χ0n) is 10.2. The fourth-order valence-corrected chi connectivity index (χ4v) is 3.58. The van der Waals surface area contributed by atoms with Gasteiger partial charge in [-0.05, 0) is 36.5 Å². The molecule has 15 heavy (non-hydrogen) atoms. The first-order valence-electron chi connectivity index (χ1n) is 6.33. The second-order valence-electron chi connectivity index (χ2n) is 5.74.